The average Bonchev–Trinajstić information content (AvgIpc) is 3.02. The van der Waals surface area contributed by atoms with E-state index in [1.807, 2.05) is 36.4 Å². The van der Waals surface area contributed by atoms with Crippen LogP contribution in [0.5, 0.6) is 0 Å². The van der Waals surface area contributed by atoms with Crippen molar-refractivity contribution in [3.63, 3.8) is 0 Å². The van der Waals surface area contributed by atoms with Gasteiger partial charge in [-0.3, -0.25) is 9.69 Å². The fourth-order valence-electron chi connectivity index (χ4n) is 4.23. The Hall–Kier alpha value is -2.40. The third-order valence-corrected chi connectivity index (χ3v) is 5.82. The molecule has 1 saturated heterocycles. The molecule has 1 heterocycles. The average molecular weight is 353 g/mol. The van der Waals surface area contributed by atoms with E-state index >= 15 is 0 Å². The van der Waals surface area contributed by atoms with Crippen molar-refractivity contribution in [1.82, 2.24) is 4.90 Å². The number of fused-ring (bicyclic) bond motifs is 1. The highest BCUT2D eigenvalue weighted by Gasteiger charge is 2.53. The van der Waals surface area contributed by atoms with Crippen LogP contribution in [0.3, 0.4) is 0 Å². The van der Waals surface area contributed by atoms with Gasteiger partial charge in [0.05, 0.1) is 6.61 Å². The smallest absolute Gasteiger partial charge is 0.328 e. The minimum atomic E-state index is -1.00. The molecule has 2 fully saturated rings. The van der Waals surface area contributed by atoms with Gasteiger partial charge in [0, 0.05) is 5.56 Å². The highest BCUT2D eigenvalue weighted by Crippen LogP contribution is 2.43. The quantitative estimate of drug-likeness (QED) is 0.894. The molecule has 1 saturated carbocycles. The number of amides is 1. The second kappa shape index (κ2) is 6.40. The van der Waals surface area contributed by atoms with Crippen LogP contribution in [0.2, 0.25) is 0 Å². The van der Waals surface area contributed by atoms with Crippen LogP contribution in [-0.4, -0.2) is 40.3 Å². The fraction of sp³-hybridized carbons (Fsp3) is 0.429. The third-order valence-electron chi connectivity index (χ3n) is 5.82. The van der Waals surface area contributed by atoms with Crippen LogP contribution in [0.1, 0.15) is 43.0 Å². The van der Waals surface area contributed by atoms with Crippen LogP contribution >= 0.6 is 0 Å². The summed E-state index contributed by atoms with van der Waals surface area (Å²) in [6, 6.07) is 12.4. The van der Waals surface area contributed by atoms with E-state index in [1.54, 1.807) is 6.07 Å². The fourth-order valence-corrected chi connectivity index (χ4v) is 4.23. The molecule has 4 rings (SSSR count). The van der Waals surface area contributed by atoms with Gasteiger partial charge < -0.3 is 9.84 Å². The summed E-state index contributed by atoms with van der Waals surface area (Å²) in [5, 5.41) is 11.7. The number of rotatable bonds is 2. The highest BCUT2D eigenvalue weighted by atomic mass is 16.5. The Morgan fingerprint density at radius 1 is 1.12 bits per heavy atom. The van der Waals surface area contributed by atoms with Crippen LogP contribution in [0.25, 0.3) is 10.8 Å². The first-order chi connectivity index (χ1) is 12.5. The summed E-state index contributed by atoms with van der Waals surface area (Å²) in [4.78, 5) is 26.6. The topological polar surface area (TPSA) is 66.8 Å². The lowest BCUT2D eigenvalue weighted by molar-refractivity contribution is -0.143. The number of benzene rings is 2. The van der Waals surface area contributed by atoms with Gasteiger partial charge in [0.25, 0.3) is 5.91 Å². The standard InChI is InChI=1S/C21H23NO4/c1-14-8-10-21(11-9-14)22(18(13-26-21)20(24)25)19(23)17-7-6-15-4-2-3-5-16(15)12-17/h2-7,12,14,18H,8-11,13H2,1H3,(H,24,25). The molecular weight excluding hydrogens is 330 g/mol. The van der Waals surface area contributed by atoms with Crippen molar-refractivity contribution in [3.8, 4) is 0 Å². The molecule has 0 bridgehead atoms. The number of nitrogens with zero attached hydrogens (tertiary/aromatic N) is 1. The number of carboxylic acids is 1. The molecule has 1 unspecified atom stereocenters. The molecule has 1 N–H and O–H groups in total. The molecule has 1 aliphatic heterocycles. The van der Waals surface area contributed by atoms with Crippen LogP contribution in [0.4, 0.5) is 0 Å². The van der Waals surface area contributed by atoms with Crippen molar-refractivity contribution < 1.29 is 19.4 Å². The Labute approximate surface area is 152 Å². The zero-order valence-electron chi connectivity index (χ0n) is 14.9. The molecule has 0 radical (unpaired) electrons. The van der Waals surface area contributed by atoms with E-state index < -0.39 is 17.7 Å². The molecule has 1 amide bonds. The Morgan fingerprint density at radius 2 is 1.81 bits per heavy atom. The molecular formula is C21H23NO4. The van der Waals surface area contributed by atoms with Gasteiger partial charge >= 0.3 is 5.97 Å². The summed E-state index contributed by atoms with van der Waals surface area (Å²) < 4.78 is 5.97. The van der Waals surface area contributed by atoms with Crippen molar-refractivity contribution in [1.29, 1.82) is 0 Å². The van der Waals surface area contributed by atoms with E-state index in [4.69, 9.17) is 4.74 Å². The molecule has 1 aliphatic carbocycles. The van der Waals surface area contributed by atoms with Crippen molar-refractivity contribution in [2.75, 3.05) is 6.61 Å². The number of hydrogen-bond acceptors (Lipinski definition) is 3. The lowest BCUT2D eigenvalue weighted by Crippen LogP contribution is -2.55. The predicted octanol–water partition coefficient (Wildman–Crippen LogP) is 3.67. The van der Waals surface area contributed by atoms with E-state index in [0.29, 0.717) is 24.3 Å². The maximum atomic E-state index is 13.3. The number of hydrogen-bond donors (Lipinski definition) is 1. The van der Waals surface area contributed by atoms with Crippen LogP contribution < -0.4 is 0 Å². The van der Waals surface area contributed by atoms with Crippen LogP contribution in [-0.2, 0) is 9.53 Å². The summed E-state index contributed by atoms with van der Waals surface area (Å²) in [5.74, 6) is -0.685. The number of carboxylic acid groups (broad SMARTS) is 1. The first-order valence-electron chi connectivity index (χ1n) is 9.19. The Kier molecular flexibility index (Phi) is 4.19. The summed E-state index contributed by atoms with van der Waals surface area (Å²) >= 11 is 0. The first-order valence-corrected chi connectivity index (χ1v) is 9.19. The van der Waals surface area contributed by atoms with E-state index in [0.717, 1.165) is 23.6 Å². The minimum absolute atomic E-state index is 0.0586. The lowest BCUT2D eigenvalue weighted by atomic mass is 9.83. The second-order valence-electron chi connectivity index (χ2n) is 7.53. The van der Waals surface area contributed by atoms with Crippen molar-refractivity contribution in [2.45, 2.75) is 44.4 Å². The van der Waals surface area contributed by atoms with Gasteiger partial charge in [0.15, 0.2) is 6.04 Å². The molecule has 136 valence electrons. The molecule has 5 nitrogen and oxygen atoms in total. The first kappa shape index (κ1) is 17.0. The number of aliphatic carboxylic acids is 1. The molecule has 1 spiro atoms. The van der Waals surface area contributed by atoms with Crippen molar-refractivity contribution >= 4 is 22.6 Å². The largest absolute Gasteiger partial charge is 0.480 e. The molecule has 5 heteroatoms. The minimum Gasteiger partial charge on any atom is -0.480 e. The molecule has 2 aliphatic rings. The monoisotopic (exact) mass is 353 g/mol. The van der Waals surface area contributed by atoms with E-state index in [-0.39, 0.29) is 12.5 Å². The van der Waals surface area contributed by atoms with Gasteiger partial charge in [-0.15, -0.1) is 0 Å². The normalized spacial score (nSPS) is 28.6. The molecule has 0 aromatic heterocycles. The lowest BCUT2D eigenvalue weighted by Gasteiger charge is -2.42. The van der Waals surface area contributed by atoms with Crippen molar-refractivity contribution in [2.24, 2.45) is 5.92 Å². The van der Waals surface area contributed by atoms with Gasteiger partial charge in [-0.2, -0.15) is 0 Å². The van der Waals surface area contributed by atoms with Crippen LogP contribution in [0.15, 0.2) is 42.5 Å². The van der Waals surface area contributed by atoms with Gasteiger partial charge in [-0.05, 0) is 54.5 Å². The van der Waals surface area contributed by atoms with Crippen molar-refractivity contribution in [3.05, 3.63) is 48.0 Å². The zero-order chi connectivity index (χ0) is 18.3. The summed E-state index contributed by atoms with van der Waals surface area (Å²) in [6.07, 6.45) is 3.26. The molecule has 1 atom stereocenters. The maximum absolute atomic E-state index is 13.3. The predicted molar refractivity (Wildman–Crippen MR) is 97.9 cm³/mol. The van der Waals surface area contributed by atoms with Gasteiger partial charge in [0.1, 0.15) is 5.72 Å². The SMILES string of the molecule is CC1CCC2(CC1)OCC(C(=O)O)N2C(=O)c1ccc2ccccc2c1. The molecule has 26 heavy (non-hydrogen) atoms. The van der Waals surface area contributed by atoms with Gasteiger partial charge in [-0.1, -0.05) is 37.3 Å². The Morgan fingerprint density at radius 3 is 2.50 bits per heavy atom. The molecule has 2 aromatic rings. The number of ether oxygens (including phenoxy) is 1. The highest BCUT2D eigenvalue weighted by molar-refractivity contribution is 6.00. The Balaban J connectivity index is 1.72. The molecule has 2 aromatic carbocycles. The van der Waals surface area contributed by atoms with Gasteiger partial charge in [-0.25, -0.2) is 4.79 Å². The second-order valence-corrected chi connectivity index (χ2v) is 7.53. The third kappa shape index (κ3) is 2.76. The maximum Gasteiger partial charge on any atom is 0.328 e. The van der Waals surface area contributed by atoms with E-state index in [9.17, 15) is 14.7 Å². The number of carbonyl (C=O) groups excluding carboxylic acids is 1. The zero-order valence-corrected chi connectivity index (χ0v) is 14.9. The summed E-state index contributed by atoms with van der Waals surface area (Å²) in [6.45, 7) is 2.25. The van der Waals surface area contributed by atoms with Crippen LogP contribution in [0, 0.1) is 5.92 Å². The summed E-state index contributed by atoms with van der Waals surface area (Å²) in [5.41, 5.74) is -0.267. The summed E-state index contributed by atoms with van der Waals surface area (Å²) in [7, 11) is 0. The van der Waals surface area contributed by atoms with E-state index in [2.05, 4.69) is 6.92 Å². The van der Waals surface area contributed by atoms with Gasteiger partial charge in [0.2, 0.25) is 0 Å². The van der Waals surface area contributed by atoms with E-state index in [1.165, 1.54) is 4.90 Å². The Bertz CT molecular complexity index is 854. The number of carbonyl (C=O) groups is 2.